The molecule has 2 aromatic carbocycles. The monoisotopic (exact) mass is 395 g/mol. The van der Waals surface area contributed by atoms with Gasteiger partial charge in [-0.15, -0.1) is 0 Å². The van der Waals surface area contributed by atoms with Gasteiger partial charge in [-0.1, -0.05) is 17.7 Å². The standard InChI is InChI=1S/C14H9ClF3NO5S/c15-10-2-4-13(25(22,23)24)9(6-10)5-8-1-3-11(19(20)21)7-12(8)14(16,17)18/h1-4,6-7H,5H2,(H,22,23,24). The van der Waals surface area contributed by atoms with E-state index in [0.29, 0.717) is 6.07 Å². The largest absolute Gasteiger partial charge is 0.416 e. The van der Waals surface area contributed by atoms with Crippen LogP contribution in [0.1, 0.15) is 16.7 Å². The molecule has 134 valence electrons. The lowest BCUT2D eigenvalue weighted by molar-refractivity contribution is -0.385. The molecule has 1 N–H and O–H groups in total. The first-order valence-corrected chi connectivity index (χ1v) is 8.32. The van der Waals surface area contributed by atoms with E-state index in [2.05, 4.69) is 0 Å². The molecule has 0 amide bonds. The van der Waals surface area contributed by atoms with E-state index >= 15 is 0 Å². The molecule has 0 bridgehead atoms. The van der Waals surface area contributed by atoms with E-state index in [1.807, 2.05) is 0 Å². The highest BCUT2D eigenvalue weighted by Gasteiger charge is 2.35. The lowest BCUT2D eigenvalue weighted by Gasteiger charge is -2.14. The molecule has 0 aliphatic carbocycles. The summed E-state index contributed by atoms with van der Waals surface area (Å²) in [5, 5.41) is 10.7. The highest BCUT2D eigenvalue weighted by atomic mass is 35.5. The molecule has 6 nitrogen and oxygen atoms in total. The van der Waals surface area contributed by atoms with Crippen LogP contribution in [0.25, 0.3) is 0 Å². The molecular formula is C14H9ClF3NO5S. The van der Waals surface area contributed by atoms with Crippen molar-refractivity contribution in [3.05, 3.63) is 68.2 Å². The van der Waals surface area contributed by atoms with Gasteiger partial charge >= 0.3 is 6.18 Å². The number of nitro groups is 1. The number of hydrogen-bond acceptors (Lipinski definition) is 4. The van der Waals surface area contributed by atoms with Gasteiger partial charge < -0.3 is 0 Å². The van der Waals surface area contributed by atoms with Crippen molar-refractivity contribution in [2.45, 2.75) is 17.5 Å². The van der Waals surface area contributed by atoms with Crippen LogP contribution in [0.5, 0.6) is 0 Å². The molecular weight excluding hydrogens is 387 g/mol. The molecule has 0 atom stereocenters. The van der Waals surface area contributed by atoms with Crippen molar-refractivity contribution in [2.75, 3.05) is 0 Å². The molecule has 11 heteroatoms. The minimum Gasteiger partial charge on any atom is -0.282 e. The average molecular weight is 396 g/mol. The van der Waals surface area contributed by atoms with Crippen LogP contribution in [0.4, 0.5) is 18.9 Å². The van der Waals surface area contributed by atoms with E-state index in [0.717, 1.165) is 30.3 Å². The van der Waals surface area contributed by atoms with Gasteiger partial charge in [0.25, 0.3) is 15.8 Å². The Labute approximate surface area is 144 Å². The second kappa shape index (κ2) is 6.62. The first-order chi connectivity index (χ1) is 11.4. The summed E-state index contributed by atoms with van der Waals surface area (Å²) in [6.45, 7) is 0. The Morgan fingerprint density at radius 2 is 1.76 bits per heavy atom. The number of benzene rings is 2. The number of non-ortho nitro benzene ring substituents is 1. The van der Waals surface area contributed by atoms with E-state index in [1.54, 1.807) is 0 Å². The molecule has 0 spiro atoms. The number of rotatable bonds is 4. The number of nitro benzene ring substituents is 1. The molecule has 2 aromatic rings. The zero-order chi connectivity index (χ0) is 19.0. The van der Waals surface area contributed by atoms with Crippen molar-refractivity contribution in [3.63, 3.8) is 0 Å². The van der Waals surface area contributed by atoms with Gasteiger partial charge in [0, 0.05) is 17.2 Å². The van der Waals surface area contributed by atoms with E-state index in [9.17, 15) is 36.3 Å². The summed E-state index contributed by atoms with van der Waals surface area (Å²) in [7, 11) is -4.69. The van der Waals surface area contributed by atoms with Crippen molar-refractivity contribution in [3.8, 4) is 0 Å². The Morgan fingerprint density at radius 1 is 1.12 bits per heavy atom. The van der Waals surface area contributed by atoms with Crippen LogP contribution < -0.4 is 0 Å². The fraction of sp³-hybridized carbons (Fsp3) is 0.143. The predicted molar refractivity (Wildman–Crippen MR) is 82.2 cm³/mol. The minimum absolute atomic E-state index is 0.0536. The molecule has 0 saturated carbocycles. The summed E-state index contributed by atoms with van der Waals surface area (Å²) in [5.74, 6) is 0. The number of halogens is 4. The maximum Gasteiger partial charge on any atom is 0.416 e. The normalized spacial score (nSPS) is 12.2. The first kappa shape index (κ1) is 19.2. The van der Waals surface area contributed by atoms with E-state index < -0.39 is 49.3 Å². The van der Waals surface area contributed by atoms with Gasteiger partial charge in [0.2, 0.25) is 0 Å². The molecule has 0 radical (unpaired) electrons. The third-order valence-electron chi connectivity index (χ3n) is 3.29. The van der Waals surface area contributed by atoms with Crippen molar-refractivity contribution >= 4 is 27.4 Å². The van der Waals surface area contributed by atoms with Crippen LogP contribution in [-0.2, 0) is 22.7 Å². The maximum absolute atomic E-state index is 13.2. The lowest BCUT2D eigenvalue weighted by atomic mass is 9.98. The minimum atomic E-state index is -4.89. The van der Waals surface area contributed by atoms with Gasteiger partial charge in [0.05, 0.1) is 15.4 Å². The zero-order valence-electron chi connectivity index (χ0n) is 12.1. The van der Waals surface area contributed by atoms with Crippen LogP contribution in [0, 0.1) is 10.1 Å². The molecule has 2 rings (SSSR count). The molecule has 0 heterocycles. The van der Waals surface area contributed by atoms with E-state index in [1.165, 1.54) is 0 Å². The lowest BCUT2D eigenvalue weighted by Crippen LogP contribution is -2.11. The van der Waals surface area contributed by atoms with Crippen molar-refractivity contribution in [1.82, 2.24) is 0 Å². The molecule has 0 aliphatic rings. The third kappa shape index (κ3) is 4.47. The van der Waals surface area contributed by atoms with Gasteiger partial charge in [-0.2, -0.15) is 21.6 Å². The second-order valence-electron chi connectivity index (χ2n) is 5.00. The summed E-state index contributed by atoms with van der Waals surface area (Å²) >= 11 is 5.74. The molecule has 0 aromatic heterocycles. The van der Waals surface area contributed by atoms with Crippen LogP contribution in [-0.4, -0.2) is 17.9 Å². The first-order valence-electron chi connectivity index (χ1n) is 6.50. The zero-order valence-corrected chi connectivity index (χ0v) is 13.7. The number of nitrogens with zero attached hydrogens (tertiary/aromatic N) is 1. The summed E-state index contributed by atoms with van der Waals surface area (Å²) in [6.07, 6.45) is -5.44. The van der Waals surface area contributed by atoms with Gasteiger partial charge in [0.1, 0.15) is 0 Å². The highest BCUT2D eigenvalue weighted by molar-refractivity contribution is 7.85. The van der Waals surface area contributed by atoms with Gasteiger partial charge in [-0.3, -0.25) is 14.7 Å². The molecule has 0 saturated heterocycles. The fourth-order valence-electron chi connectivity index (χ4n) is 2.24. The van der Waals surface area contributed by atoms with Gasteiger partial charge in [-0.05, 0) is 35.7 Å². The smallest absolute Gasteiger partial charge is 0.282 e. The fourth-order valence-corrected chi connectivity index (χ4v) is 3.14. The Kier molecular flexibility index (Phi) is 5.07. The van der Waals surface area contributed by atoms with Crippen LogP contribution in [0.3, 0.4) is 0 Å². The Balaban J connectivity index is 2.62. The van der Waals surface area contributed by atoms with E-state index in [4.69, 9.17) is 11.6 Å². The van der Waals surface area contributed by atoms with E-state index in [-0.39, 0.29) is 10.6 Å². The topological polar surface area (TPSA) is 97.5 Å². The molecule has 0 fully saturated rings. The van der Waals surface area contributed by atoms with Crippen molar-refractivity contribution < 1.29 is 31.1 Å². The molecule has 0 unspecified atom stereocenters. The third-order valence-corrected chi connectivity index (χ3v) is 4.48. The quantitative estimate of drug-likeness (QED) is 0.477. The van der Waals surface area contributed by atoms with Crippen LogP contribution >= 0.6 is 11.6 Å². The Morgan fingerprint density at radius 3 is 2.28 bits per heavy atom. The SMILES string of the molecule is O=[N+]([O-])c1ccc(Cc2cc(Cl)ccc2S(=O)(=O)O)c(C(F)(F)F)c1. The van der Waals surface area contributed by atoms with Crippen molar-refractivity contribution in [2.24, 2.45) is 0 Å². The summed E-state index contributed by atoms with van der Waals surface area (Å²) in [5.41, 5.74) is -2.60. The molecule has 25 heavy (non-hydrogen) atoms. The van der Waals surface area contributed by atoms with Crippen molar-refractivity contribution in [1.29, 1.82) is 0 Å². The van der Waals surface area contributed by atoms with Crippen LogP contribution in [0.2, 0.25) is 5.02 Å². The Hall–Kier alpha value is -2.17. The predicted octanol–water partition coefficient (Wildman–Crippen LogP) is 4.10. The summed E-state index contributed by atoms with van der Waals surface area (Å²) in [6, 6.07) is 5.36. The highest BCUT2D eigenvalue weighted by Crippen LogP contribution is 2.36. The van der Waals surface area contributed by atoms with Gasteiger partial charge in [-0.25, -0.2) is 0 Å². The Bertz CT molecular complexity index is 944. The second-order valence-corrected chi connectivity index (χ2v) is 6.83. The van der Waals surface area contributed by atoms with Gasteiger partial charge in [0.15, 0.2) is 0 Å². The average Bonchev–Trinajstić information content (AvgIpc) is 2.45. The number of alkyl halides is 3. The maximum atomic E-state index is 13.2. The summed E-state index contributed by atoms with van der Waals surface area (Å²) < 4.78 is 71.5. The summed E-state index contributed by atoms with van der Waals surface area (Å²) in [4.78, 5) is 9.12. The van der Waals surface area contributed by atoms with Crippen LogP contribution in [0.15, 0.2) is 41.3 Å². The number of hydrogen-bond donors (Lipinski definition) is 1. The molecule has 0 aliphatic heterocycles.